The fourth-order valence-corrected chi connectivity index (χ4v) is 2.71. The van der Waals surface area contributed by atoms with Crippen molar-refractivity contribution in [1.29, 1.82) is 0 Å². The second-order valence-electron chi connectivity index (χ2n) is 5.93. The maximum absolute atomic E-state index is 12.4. The van der Waals surface area contributed by atoms with Crippen molar-refractivity contribution in [3.8, 4) is 5.75 Å². The van der Waals surface area contributed by atoms with Gasteiger partial charge < -0.3 is 39.4 Å². The van der Waals surface area contributed by atoms with Gasteiger partial charge in [0.05, 0.1) is 25.4 Å². The van der Waals surface area contributed by atoms with Gasteiger partial charge in [-0.3, -0.25) is 0 Å². The quantitative estimate of drug-likeness (QED) is 0.429. The van der Waals surface area contributed by atoms with Crippen molar-refractivity contribution in [3.05, 3.63) is 29.3 Å². The monoisotopic (exact) mass is 400 g/mol. The fraction of sp³-hybridized carbons (Fsp3) is 0.556. The maximum atomic E-state index is 12.4. The summed E-state index contributed by atoms with van der Waals surface area (Å²) in [6, 6.07) is 4.12. The number of ether oxygens (including phenoxy) is 4. The minimum absolute atomic E-state index is 0.0372. The molecule has 0 bridgehead atoms. The molecule has 156 valence electrons. The molecule has 28 heavy (non-hydrogen) atoms. The summed E-state index contributed by atoms with van der Waals surface area (Å²) in [6.45, 7) is 2.67. The summed E-state index contributed by atoms with van der Waals surface area (Å²) in [6.07, 6.45) is -7.62. The lowest BCUT2D eigenvalue weighted by molar-refractivity contribution is -0.277. The highest BCUT2D eigenvalue weighted by Gasteiger charge is 2.45. The highest BCUT2D eigenvalue weighted by molar-refractivity contribution is 6.05. The first-order chi connectivity index (χ1) is 13.3. The third-order valence-corrected chi connectivity index (χ3v) is 4.09. The van der Waals surface area contributed by atoms with Crippen LogP contribution in [0.5, 0.6) is 5.75 Å². The van der Waals surface area contributed by atoms with Gasteiger partial charge in [0.1, 0.15) is 35.7 Å². The Labute approximate surface area is 161 Å². The van der Waals surface area contributed by atoms with E-state index in [1.807, 2.05) is 0 Å². The first-order valence-electron chi connectivity index (χ1n) is 8.80. The van der Waals surface area contributed by atoms with Crippen LogP contribution in [-0.2, 0) is 14.2 Å². The van der Waals surface area contributed by atoms with Crippen molar-refractivity contribution in [2.75, 3.05) is 19.8 Å². The molecule has 1 aromatic rings. The van der Waals surface area contributed by atoms with Crippen LogP contribution in [0.25, 0.3) is 0 Å². The molecule has 10 nitrogen and oxygen atoms in total. The van der Waals surface area contributed by atoms with Crippen LogP contribution in [0.4, 0.5) is 0 Å². The van der Waals surface area contributed by atoms with E-state index in [2.05, 4.69) is 0 Å². The predicted molar refractivity (Wildman–Crippen MR) is 92.8 cm³/mol. The van der Waals surface area contributed by atoms with Crippen molar-refractivity contribution in [3.63, 3.8) is 0 Å². The van der Waals surface area contributed by atoms with Crippen LogP contribution in [0.15, 0.2) is 18.2 Å². The topological polar surface area (TPSA) is 152 Å². The summed E-state index contributed by atoms with van der Waals surface area (Å²) in [7, 11) is 0. The number of hydrogen-bond acceptors (Lipinski definition) is 10. The Morgan fingerprint density at radius 2 is 1.64 bits per heavy atom. The van der Waals surface area contributed by atoms with Gasteiger partial charge in [-0.25, -0.2) is 9.59 Å². The highest BCUT2D eigenvalue weighted by atomic mass is 16.7. The lowest BCUT2D eigenvalue weighted by Crippen LogP contribution is -2.60. The lowest BCUT2D eigenvalue weighted by atomic mass is 9.99. The molecule has 0 aliphatic carbocycles. The van der Waals surface area contributed by atoms with E-state index in [0.29, 0.717) is 0 Å². The first kappa shape index (κ1) is 22.1. The van der Waals surface area contributed by atoms with Crippen molar-refractivity contribution in [2.45, 2.75) is 44.6 Å². The van der Waals surface area contributed by atoms with Crippen LogP contribution >= 0.6 is 0 Å². The zero-order chi connectivity index (χ0) is 20.8. The molecule has 1 fully saturated rings. The van der Waals surface area contributed by atoms with E-state index < -0.39 is 49.3 Å². The molecule has 1 heterocycles. The number of benzene rings is 1. The van der Waals surface area contributed by atoms with E-state index in [1.54, 1.807) is 13.8 Å². The molecule has 0 aromatic heterocycles. The summed E-state index contributed by atoms with van der Waals surface area (Å²) < 4.78 is 20.7. The minimum atomic E-state index is -1.68. The van der Waals surface area contributed by atoms with E-state index in [4.69, 9.17) is 18.9 Å². The average Bonchev–Trinajstić information content (AvgIpc) is 2.68. The Kier molecular flexibility index (Phi) is 7.72. The molecule has 0 amide bonds. The molecule has 10 heteroatoms. The molecular weight excluding hydrogens is 376 g/mol. The zero-order valence-corrected chi connectivity index (χ0v) is 15.5. The number of aliphatic hydroxyl groups excluding tert-OH is 4. The normalized spacial score (nSPS) is 27.1. The molecule has 0 radical (unpaired) electrons. The summed E-state index contributed by atoms with van der Waals surface area (Å²) in [5.41, 5.74) is -0.345. The largest absolute Gasteiger partial charge is 0.462 e. The Bertz CT molecular complexity index is 689. The number of esters is 2. The van der Waals surface area contributed by atoms with Crippen LogP contribution in [0.1, 0.15) is 34.6 Å². The van der Waals surface area contributed by atoms with Crippen molar-refractivity contribution in [2.24, 2.45) is 0 Å². The molecule has 0 saturated carbocycles. The summed E-state index contributed by atoms with van der Waals surface area (Å²) in [5.74, 6) is -1.79. The SMILES string of the molecule is CCOC(=O)c1cccc(O[C@@H]2O[C@H](CO)[C@@H](O)[C@H](O)[C@H]2O)c1C(=O)OCC. The lowest BCUT2D eigenvalue weighted by Gasteiger charge is -2.39. The standard InChI is InChI=1S/C18H24O10/c1-3-25-16(23)9-6-5-7-10(12(9)17(24)26-4-2)27-18-15(22)14(21)13(20)11(8-19)28-18/h5-7,11,13-15,18-22H,3-4,8H2,1-2H3/t11-,13-,14+,15-,18-/m1/s1. The molecule has 0 spiro atoms. The van der Waals surface area contributed by atoms with E-state index in [0.717, 1.165) is 0 Å². The van der Waals surface area contributed by atoms with E-state index in [-0.39, 0.29) is 30.1 Å². The third-order valence-electron chi connectivity index (χ3n) is 4.09. The molecular formula is C18H24O10. The second-order valence-corrected chi connectivity index (χ2v) is 5.93. The maximum Gasteiger partial charge on any atom is 0.342 e. The highest BCUT2D eigenvalue weighted by Crippen LogP contribution is 2.29. The molecule has 1 aliphatic heterocycles. The van der Waals surface area contributed by atoms with Gasteiger partial charge in [-0.2, -0.15) is 0 Å². The zero-order valence-electron chi connectivity index (χ0n) is 15.5. The second kappa shape index (κ2) is 9.80. The molecule has 2 rings (SSSR count). The Hall–Kier alpha value is -2.24. The van der Waals surface area contributed by atoms with Gasteiger partial charge in [0.2, 0.25) is 6.29 Å². The Morgan fingerprint density at radius 1 is 1.00 bits per heavy atom. The number of rotatable bonds is 7. The van der Waals surface area contributed by atoms with Crippen LogP contribution in [0.3, 0.4) is 0 Å². The van der Waals surface area contributed by atoms with Crippen LogP contribution < -0.4 is 4.74 Å². The van der Waals surface area contributed by atoms with Crippen LogP contribution in [0.2, 0.25) is 0 Å². The smallest absolute Gasteiger partial charge is 0.342 e. The van der Waals surface area contributed by atoms with Crippen molar-refractivity contribution >= 4 is 11.9 Å². The number of aliphatic hydroxyl groups is 4. The van der Waals surface area contributed by atoms with Gasteiger partial charge in [-0.05, 0) is 26.0 Å². The minimum Gasteiger partial charge on any atom is -0.462 e. The van der Waals surface area contributed by atoms with Gasteiger partial charge in [0, 0.05) is 0 Å². The third kappa shape index (κ3) is 4.59. The van der Waals surface area contributed by atoms with Gasteiger partial charge in [-0.1, -0.05) is 6.07 Å². The molecule has 4 N–H and O–H groups in total. The summed E-state index contributed by atoms with van der Waals surface area (Å²) >= 11 is 0. The van der Waals surface area contributed by atoms with E-state index >= 15 is 0 Å². The van der Waals surface area contributed by atoms with Gasteiger partial charge in [-0.15, -0.1) is 0 Å². The molecule has 1 saturated heterocycles. The predicted octanol–water partition coefficient (Wildman–Crippen LogP) is -0.781. The number of hydrogen-bond donors (Lipinski definition) is 4. The summed E-state index contributed by atoms with van der Waals surface area (Å²) in [5, 5.41) is 39.1. The molecule has 5 atom stereocenters. The fourth-order valence-electron chi connectivity index (χ4n) is 2.71. The first-order valence-corrected chi connectivity index (χ1v) is 8.80. The van der Waals surface area contributed by atoms with E-state index in [9.17, 15) is 30.0 Å². The number of carbonyl (C=O) groups is 2. The molecule has 0 unspecified atom stereocenters. The van der Waals surface area contributed by atoms with Gasteiger partial charge >= 0.3 is 11.9 Å². The van der Waals surface area contributed by atoms with Crippen LogP contribution in [0, 0.1) is 0 Å². The Morgan fingerprint density at radius 3 is 2.25 bits per heavy atom. The van der Waals surface area contributed by atoms with Crippen LogP contribution in [-0.4, -0.2) is 82.9 Å². The molecule has 1 aliphatic rings. The van der Waals surface area contributed by atoms with Gasteiger partial charge in [0.25, 0.3) is 0 Å². The van der Waals surface area contributed by atoms with Crippen molar-refractivity contribution in [1.82, 2.24) is 0 Å². The number of carbonyl (C=O) groups excluding carboxylic acids is 2. The van der Waals surface area contributed by atoms with Crippen molar-refractivity contribution < 1.29 is 49.0 Å². The van der Waals surface area contributed by atoms with Gasteiger partial charge in [0.15, 0.2) is 0 Å². The summed E-state index contributed by atoms with van der Waals surface area (Å²) in [4.78, 5) is 24.6. The average molecular weight is 400 g/mol. The molecule has 1 aromatic carbocycles. The Balaban J connectivity index is 2.40. The van der Waals surface area contributed by atoms with E-state index in [1.165, 1.54) is 18.2 Å².